The van der Waals surface area contributed by atoms with Gasteiger partial charge in [0.1, 0.15) is 17.9 Å². The molecule has 1 fully saturated rings. The Morgan fingerprint density at radius 3 is 2.62 bits per heavy atom. The number of nitrogen functional groups attached to an aromatic ring is 1. The van der Waals surface area contributed by atoms with E-state index in [1.165, 1.54) is 17.0 Å². The van der Waals surface area contributed by atoms with Gasteiger partial charge in [-0.2, -0.15) is 4.31 Å². The van der Waals surface area contributed by atoms with Crippen molar-refractivity contribution in [3.63, 3.8) is 0 Å². The van der Waals surface area contributed by atoms with Gasteiger partial charge in [-0.3, -0.25) is 0 Å². The summed E-state index contributed by atoms with van der Waals surface area (Å²) in [6.07, 6.45) is 0.965. The SMILES string of the molecule is CCN(C[C@H]1C[C@@H](n2cnc3c(N)ncnc32)[C@@H](O)[C@H]1O)S(=O)(=O)c1ccc2ccccc2c1. The third-order valence-corrected chi connectivity index (χ3v) is 8.60. The molecule has 34 heavy (non-hydrogen) atoms. The van der Waals surface area contributed by atoms with E-state index in [1.807, 2.05) is 24.3 Å². The molecule has 178 valence electrons. The number of fused-ring (bicyclic) bond motifs is 2. The van der Waals surface area contributed by atoms with Gasteiger partial charge >= 0.3 is 0 Å². The van der Waals surface area contributed by atoms with Gasteiger partial charge in [-0.1, -0.05) is 37.3 Å². The van der Waals surface area contributed by atoms with E-state index in [1.54, 1.807) is 29.7 Å². The van der Waals surface area contributed by atoms with Gasteiger partial charge in [0.05, 0.1) is 23.4 Å². The number of aliphatic hydroxyl groups excluding tert-OH is 2. The van der Waals surface area contributed by atoms with Gasteiger partial charge in [0, 0.05) is 19.0 Å². The number of hydrogen-bond donors (Lipinski definition) is 3. The van der Waals surface area contributed by atoms with Crippen molar-refractivity contribution in [1.29, 1.82) is 0 Å². The van der Waals surface area contributed by atoms with Crippen molar-refractivity contribution in [2.45, 2.75) is 36.5 Å². The van der Waals surface area contributed by atoms with Gasteiger partial charge in [0.25, 0.3) is 0 Å². The largest absolute Gasteiger partial charge is 0.390 e. The second-order valence-electron chi connectivity index (χ2n) is 8.59. The van der Waals surface area contributed by atoms with E-state index in [-0.39, 0.29) is 23.8 Å². The minimum absolute atomic E-state index is 0.0736. The zero-order valence-electron chi connectivity index (χ0n) is 18.6. The zero-order chi connectivity index (χ0) is 24.0. The van der Waals surface area contributed by atoms with E-state index in [4.69, 9.17) is 5.73 Å². The van der Waals surface area contributed by atoms with Crippen molar-refractivity contribution in [2.75, 3.05) is 18.8 Å². The highest BCUT2D eigenvalue weighted by molar-refractivity contribution is 7.89. The smallest absolute Gasteiger partial charge is 0.243 e. The van der Waals surface area contributed by atoms with Gasteiger partial charge < -0.3 is 20.5 Å². The fourth-order valence-electron chi connectivity index (χ4n) is 4.80. The lowest BCUT2D eigenvalue weighted by molar-refractivity contribution is 0.00411. The number of aromatic nitrogens is 4. The molecule has 11 heteroatoms. The maximum atomic E-state index is 13.4. The molecule has 2 heterocycles. The molecule has 2 aromatic carbocycles. The predicted molar refractivity (Wildman–Crippen MR) is 127 cm³/mol. The number of sulfonamides is 1. The summed E-state index contributed by atoms with van der Waals surface area (Å²) in [7, 11) is -3.80. The normalized spacial score (nSPS) is 23.3. The Hall–Kier alpha value is -3.12. The monoisotopic (exact) mass is 482 g/mol. The molecular formula is C23H26N6O4S. The van der Waals surface area contributed by atoms with E-state index in [0.717, 1.165) is 10.8 Å². The number of aliphatic hydroxyl groups is 2. The third kappa shape index (κ3) is 3.70. The standard InChI is InChI=1S/C23H26N6O4S/c1-2-28(34(32,33)17-8-7-14-5-3-4-6-15(14)9-17)11-16-10-18(21(31)20(16)30)29-13-27-19-22(24)25-12-26-23(19)29/h3-9,12-13,16,18,20-21,30-31H,2,10-11H2,1H3,(H2,24,25,26)/t16-,18-,20+,21-/m1/s1. The van der Waals surface area contributed by atoms with Crippen LogP contribution in [0, 0.1) is 5.92 Å². The molecule has 0 unspecified atom stereocenters. The molecule has 1 aliphatic rings. The minimum atomic E-state index is -3.80. The lowest BCUT2D eigenvalue weighted by atomic mass is 10.1. The quantitative estimate of drug-likeness (QED) is 0.375. The number of imidazole rings is 1. The Kier molecular flexibility index (Phi) is 5.72. The number of benzene rings is 2. The molecular weight excluding hydrogens is 456 g/mol. The first-order chi connectivity index (χ1) is 16.3. The van der Waals surface area contributed by atoms with Crippen LogP contribution >= 0.6 is 0 Å². The highest BCUT2D eigenvalue weighted by Gasteiger charge is 2.44. The summed E-state index contributed by atoms with van der Waals surface area (Å²) in [5, 5.41) is 23.4. The van der Waals surface area contributed by atoms with Crippen LogP contribution in [-0.4, -0.2) is 67.8 Å². The average molecular weight is 483 g/mol. The van der Waals surface area contributed by atoms with Crippen LogP contribution in [0.25, 0.3) is 21.9 Å². The summed E-state index contributed by atoms with van der Waals surface area (Å²) in [5.41, 5.74) is 6.74. The lowest BCUT2D eigenvalue weighted by Crippen LogP contribution is -2.39. The molecule has 4 N–H and O–H groups in total. The summed E-state index contributed by atoms with van der Waals surface area (Å²) in [6.45, 7) is 2.07. The summed E-state index contributed by atoms with van der Waals surface area (Å²) < 4.78 is 29.9. The van der Waals surface area contributed by atoms with Gasteiger partial charge in [-0.05, 0) is 29.3 Å². The highest BCUT2D eigenvalue weighted by Crippen LogP contribution is 2.38. The first-order valence-corrected chi connectivity index (χ1v) is 12.5. The Bertz CT molecular complexity index is 1460. The average Bonchev–Trinajstić information content (AvgIpc) is 3.39. The number of anilines is 1. The van der Waals surface area contributed by atoms with Crippen molar-refractivity contribution in [2.24, 2.45) is 5.92 Å². The predicted octanol–water partition coefficient (Wildman–Crippen LogP) is 1.56. The summed E-state index contributed by atoms with van der Waals surface area (Å²) >= 11 is 0. The second-order valence-corrected chi connectivity index (χ2v) is 10.5. The van der Waals surface area contributed by atoms with Crippen molar-refractivity contribution in [3.8, 4) is 0 Å². The third-order valence-electron chi connectivity index (χ3n) is 6.67. The lowest BCUT2D eigenvalue weighted by Gasteiger charge is -2.25. The second kappa shape index (κ2) is 8.58. The number of nitrogens with zero attached hydrogens (tertiary/aromatic N) is 5. The molecule has 4 aromatic rings. The maximum absolute atomic E-state index is 13.4. The molecule has 0 aliphatic heterocycles. The summed E-state index contributed by atoms with van der Waals surface area (Å²) in [4.78, 5) is 12.6. The zero-order valence-corrected chi connectivity index (χ0v) is 19.4. The number of rotatable bonds is 6. The van der Waals surface area contributed by atoms with Crippen molar-refractivity contribution >= 4 is 37.8 Å². The molecule has 10 nitrogen and oxygen atoms in total. The molecule has 0 radical (unpaired) electrons. The molecule has 0 spiro atoms. The fraction of sp³-hybridized carbons (Fsp3) is 0.348. The van der Waals surface area contributed by atoms with Crippen molar-refractivity contribution < 1.29 is 18.6 Å². The Balaban J connectivity index is 1.41. The van der Waals surface area contributed by atoms with E-state index in [0.29, 0.717) is 17.6 Å². The van der Waals surface area contributed by atoms with Crippen LogP contribution in [0.3, 0.4) is 0 Å². The fourth-order valence-corrected chi connectivity index (χ4v) is 6.35. The van der Waals surface area contributed by atoms with E-state index < -0.39 is 34.2 Å². The molecule has 5 rings (SSSR count). The van der Waals surface area contributed by atoms with Crippen LogP contribution < -0.4 is 5.73 Å². The Morgan fingerprint density at radius 2 is 1.85 bits per heavy atom. The van der Waals surface area contributed by atoms with E-state index in [9.17, 15) is 18.6 Å². The number of hydrogen-bond acceptors (Lipinski definition) is 8. The topological polar surface area (TPSA) is 147 Å². The summed E-state index contributed by atoms with van der Waals surface area (Å²) in [6, 6.07) is 12.1. The van der Waals surface area contributed by atoms with Crippen molar-refractivity contribution in [1.82, 2.24) is 23.8 Å². The Morgan fingerprint density at radius 1 is 1.09 bits per heavy atom. The molecule has 1 saturated carbocycles. The van der Waals surface area contributed by atoms with Crippen LogP contribution in [0.5, 0.6) is 0 Å². The van der Waals surface area contributed by atoms with Crippen LogP contribution in [0.2, 0.25) is 0 Å². The Labute approximate surface area is 196 Å². The van der Waals surface area contributed by atoms with Gasteiger partial charge in [-0.25, -0.2) is 23.4 Å². The highest BCUT2D eigenvalue weighted by atomic mass is 32.2. The first-order valence-electron chi connectivity index (χ1n) is 11.1. The molecule has 0 bridgehead atoms. The van der Waals surface area contributed by atoms with Crippen LogP contribution in [0.4, 0.5) is 5.82 Å². The van der Waals surface area contributed by atoms with Gasteiger partial charge in [0.15, 0.2) is 11.5 Å². The molecule has 4 atom stereocenters. The minimum Gasteiger partial charge on any atom is -0.390 e. The van der Waals surface area contributed by atoms with Gasteiger partial charge in [0.2, 0.25) is 10.0 Å². The van der Waals surface area contributed by atoms with Crippen LogP contribution in [0.1, 0.15) is 19.4 Å². The van der Waals surface area contributed by atoms with E-state index in [2.05, 4.69) is 15.0 Å². The number of nitrogens with two attached hydrogens (primary N) is 1. The molecule has 0 amide bonds. The van der Waals surface area contributed by atoms with Crippen LogP contribution in [0.15, 0.2) is 60.0 Å². The van der Waals surface area contributed by atoms with E-state index >= 15 is 0 Å². The van der Waals surface area contributed by atoms with Crippen LogP contribution in [-0.2, 0) is 10.0 Å². The molecule has 0 saturated heterocycles. The van der Waals surface area contributed by atoms with Crippen molar-refractivity contribution in [3.05, 3.63) is 55.1 Å². The first kappa shape index (κ1) is 22.7. The maximum Gasteiger partial charge on any atom is 0.243 e. The van der Waals surface area contributed by atoms with Gasteiger partial charge in [-0.15, -0.1) is 0 Å². The molecule has 2 aromatic heterocycles. The molecule has 1 aliphatic carbocycles. The summed E-state index contributed by atoms with van der Waals surface area (Å²) in [5.74, 6) is -0.251.